The number of hydrogen-bond donors (Lipinski definition) is 6. The van der Waals surface area contributed by atoms with Gasteiger partial charge in [0.25, 0.3) is 0 Å². The van der Waals surface area contributed by atoms with E-state index in [1.54, 1.807) is 23.0 Å². The van der Waals surface area contributed by atoms with E-state index < -0.39 is 36.0 Å². The topological polar surface area (TPSA) is 241 Å². The molecule has 2 aliphatic carbocycles. The van der Waals surface area contributed by atoms with Crippen LogP contribution in [0.25, 0.3) is 11.2 Å². The molecule has 2 aromatic heterocycles. The van der Waals surface area contributed by atoms with E-state index in [-0.39, 0.29) is 12.0 Å². The van der Waals surface area contributed by atoms with Gasteiger partial charge in [-0.1, -0.05) is 12.2 Å². The fraction of sp³-hybridized carbons (Fsp3) is 0.500. The molecule has 2 heterocycles. The van der Waals surface area contributed by atoms with Crippen molar-refractivity contribution >= 4 is 46.4 Å². The molecule has 0 bridgehead atoms. The molecule has 0 radical (unpaired) electrons. The van der Waals surface area contributed by atoms with Crippen molar-refractivity contribution in [2.24, 2.45) is 5.92 Å². The summed E-state index contributed by atoms with van der Waals surface area (Å²) in [5, 5.41) is 3.26. The zero-order valence-electron chi connectivity index (χ0n) is 16.7. The molecule has 182 valence electrons. The molecule has 0 spiro atoms. The van der Waals surface area contributed by atoms with Gasteiger partial charge in [0, 0.05) is 12.0 Å². The number of nitrogens with zero attached hydrogens (tertiary/aromatic N) is 4. The van der Waals surface area contributed by atoms with E-state index in [2.05, 4.69) is 28.9 Å². The monoisotopic (exact) mass is 526 g/mol. The van der Waals surface area contributed by atoms with Crippen LogP contribution >= 0.6 is 23.5 Å². The van der Waals surface area contributed by atoms with Gasteiger partial charge in [0.2, 0.25) is 5.95 Å². The Morgan fingerprint density at radius 2 is 1.82 bits per heavy atom. The van der Waals surface area contributed by atoms with Gasteiger partial charge in [-0.3, -0.25) is 4.52 Å². The Bertz CT molecular complexity index is 1230. The van der Waals surface area contributed by atoms with Gasteiger partial charge >= 0.3 is 23.5 Å². The normalized spacial score (nSPS) is 24.6. The highest BCUT2D eigenvalue weighted by Gasteiger charge is 2.41. The molecule has 1 saturated carbocycles. The lowest BCUT2D eigenvalue weighted by atomic mass is 10.1. The number of allylic oxidation sites excluding steroid dienone is 1. The van der Waals surface area contributed by atoms with E-state index in [4.69, 9.17) is 20.0 Å². The maximum Gasteiger partial charge on any atom is 0.490 e. The van der Waals surface area contributed by atoms with Crippen molar-refractivity contribution in [3.63, 3.8) is 0 Å². The number of nitrogens with two attached hydrogens (primary N) is 1. The fourth-order valence-electron chi connectivity index (χ4n) is 3.27. The van der Waals surface area contributed by atoms with E-state index >= 15 is 0 Å². The first-order chi connectivity index (χ1) is 15.3. The van der Waals surface area contributed by atoms with Crippen LogP contribution in [0.3, 0.4) is 0 Å². The minimum absolute atomic E-state index is 0.0820. The van der Waals surface area contributed by atoms with Crippen LogP contribution in [0.2, 0.25) is 0 Å². The summed E-state index contributed by atoms with van der Waals surface area (Å²) < 4.78 is 47.8. The number of nitrogen functional groups attached to an aromatic ring is 1. The molecule has 2 aliphatic rings. The van der Waals surface area contributed by atoms with E-state index in [0.717, 1.165) is 12.8 Å². The van der Waals surface area contributed by atoms with Crippen molar-refractivity contribution in [1.29, 1.82) is 0 Å². The lowest BCUT2D eigenvalue weighted by Gasteiger charge is -2.18. The summed E-state index contributed by atoms with van der Waals surface area (Å²) in [7, 11) is -16.2. The molecule has 4 atom stereocenters. The van der Waals surface area contributed by atoms with Crippen molar-refractivity contribution in [3.8, 4) is 0 Å². The number of hydrogen-bond acceptors (Lipinski definition) is 11. The second-order valence-electron chi connectivity index (χ2n) is 7.51. The number of aromatic nitrogens is 4. The SMILES string of the molecule is Nc1nc(NC2CC2)c2ncn([C@H]3C=C[C@@H](COP(=O)(O)OP(=O)(O)OP(=O)(O)O)C3)c2n1. The van der Waals surface area contributed by atoms with Gasteiger partial charge in [-0.15, -0.1) is 0 Å². The van der Waals surface area contributed by atoms with Crippen molar-refractivity contribution in [2.75, 3.05) is 17.7 Å². The van der Waals surface area contributed by atoms with Gasteiger partial charge in [-0.2, -0.15) is 18.6 Å². The van der Waals surface area contributed by atoms with Crippen molar-refractivity contribution in [3.05, 3.63) is 18.5 Å². The van der Waals surface area contributed by atoms with Gasteiger partial charge in [0.1, 0.15) is 0 Å². The zero-order chi connectivity index (χ0) is 24.0. The van der Waals surface area contributed by atoms with Crippen LogP contribution in [0, 0.1) is 5.92 Å². The number of imidazole rings is 1. The summed E-state index contributed by atoms with van der Waals surface area (Å²) in [6.07, 6.45) is 7.56. The van der Waals surface area contributed by atoms with Gasteiger partial charge < -0.3 is 35.2 Å². The third kappa shape index (κ3) is 6.46. The molecule has 0 aromatic carbocycles. The van der Waals surface area contributed by atoms with Crippen LogP contribution < -0.4 is 11.1 Å². The Morgan fingerprint density at radius 3 is 2.48 bits per heavy atom. The molecule has 33 heavy (non-hydrogen) atoms. The molecule has 0 aliphatic heterocycles. The average Bonchev–Trinajstić information content (AvgIpc) is 3.17. The molecule has 2 unspecified atom stereocenters. The van der Waals surface area contributed by atoms with Crippen LogP contribution in [0.1, 0.15) is 25.3 Å². The van der Waals surface area contributed by atoms with Crippen molar-refractivity contribution in [1.82, 2.24) is 19.5 Å². The Hall–Kier alpha value is -1.70. The highest BCUT2D eigenvalue weighted by molar-refractivity contribution is 7.66. The fourth-order valence-corrected chi connectivity index (χ4v) is 6.35. The number of anilines is 2. The average molecular weight is 526 g/mol. The Kier molecular flexibility index (Phi) is 6.53. The Labute approximate surface area is 186 Å². The first-order valence-corrected chi connectivity index (χ1v) is 14.1. The molecule has 2 aromatic rings. The molecular formula is C14H21N6O10P3. The van der Waals surface area contributed by atoms with Gasteiger partial charge in [-0.05, 0) is 19.3 Å². The summed E-state index contributed by atoms with van der Waals surface area (Å²) in [4.78, 5) is 48.8. The quantitative estimate of drug-likeness (QED) is 0.189. The van der Waals surface area contributed by atoms with E-state index in [1.807, 2.05) is 0 Å². The highest BCUT2D eigenvalue weighted by Crippen LogP contribution is 2.66. The lowest BCUT2D eigenvalue weighted by Crippen LogP contribution is -2.11. The van der Waals surface area contributed by atoms with Crippen LogP contribution in [-0.4, -0.2) is 51.7 Å². The first-order valence-electron chi connectivity index (χ1n) is 9.53. The molecule has 19 heteroatoms. The largest absolute Gasteiger partial charge is 0.490 e. The smallest absolute Gasteiger partial charge is 0.368 e. The minimum Gasteiger partial charge on any atom is -0.368 e. The lowest BCUT2D eigenvalue weighted by molar-refractivity contribution is 0.159. The molecule has 7 N–H and O–H groups in total. The standard InChI is InChI=1S/C14H21N6O10P3/c15-14-18-12(17-9-2-3-9)11-13(19-14)20(7-16-11)10-4-1-8(5-10)6-28-32(24,25)30-33(26,27)29-31(21,22)23/h1,4,7-10H,2-3,5-6H2,(H,24,25)(H,26,27)(H2,21,22,23)(H3,15,17,18,19)/t8-,10+/m1/s1. The maximum atomic E-state index is 11.9. The molecule has 0 saturated heterocycles. The van der Waals surface area contributed by atoms with Crippen LogP contribution in [-0.2, 0) is 26.8 Å². The van der Waals surface area contributed by atoms with Gasteiger partial charge in [-0.25, -0.2) is 18.7 Å². The summed E-state index contributed by atoms with van der Waals surface area (Å²) >= 11 is 0. The number of phosphoric acid groups is 3. The van der Waals surface area contributed by atoms with Crippen LogP contribution in [0.4, 0.5) is 11.8 Å². The highest BCUT2D eigenvalue weighted by atomic mass is 31.3. The molecule has 1 fully saturated rings. The Balaban J connectivity index is 1.39. The summed E-state index contributed by atoms with van der Waals surface area (Å²) in [6, 6.07) is 0.0888. The second kappa shape index (κ2) is 8.82. The number of phosphoric ester groups is 1. The third-order valence-corrected chi connectivity index (χ3v) is 8.53. The predicted octanol–water partition coefficient (Wildman–Crippen LogP) is 1.44. The third-order valence-electron chi connectivity index (χ3n) is 4.73. The van der Waals surface area contributed by atoms with Crippen LogP contribution in [0.15, 0.2) is 18.5 Å². The summed E-state index contributed by atoms with van der Waals surface area (Å²) in [6.45, 7) is -0.394. The first kappa shape index (κ1) is 24.4. The summed E-state index contributed by atoms with van der Waals surface area (Å²) in [5.41, 5.74) is 6.91. The number of fused-ring (bicyclic) bond motifs is 1. The van der Waals surface area contributed by atoms with Gasteiger partial charge in [0.05, 0.1) is 19.0 Å². The number of nitrogens with one attached hydrogen (secondary N) is 1. The van der Waals surface area contributed by atoms with E-state index in [1.165, 1.54) is 0 Å². The molecule has 4 rings (SSSR count). The van der Waals surface area contributed by atoms with Crippen LogP contribution in [0.5, 0.6) is 0 Å². The Morgan fingerprint density at radius 1 is 1.09 bits per heavy atom. The van der Waals surface area contributed by atoms with E-state index in [9.17, 15) is 23.5 Å². The molecule has 16 nitrogen and oxygen atoms in total. The van der Waals surface area contributed by atoms with E-state index in [0.29, 0.717) is 29.4 Å². The van der Waals surface area contributed by atoms with Crippen molar-refractivity contribution < 1.29 is 46.4 Å². The maximum absolute atomic E-state index is 11.9. The molecular weight excluding hydrogens is 505 g/mol. The number of rotatable bonds is 10. The predicted molar refractivity (Wildman–Crippen MR) is 112 cm³/mol. The molecule has 0 amide bonds. The second-order valence-corrected chi connectivity index (χ2v) is 11.9. The summed E-state index contributed by atoms with van der Waals surface area (Å²) in [5.74, 6) is 0.226. The zero-order valence-corrected chi connectivity index (χ0v) is 19.4. The van der Waals surface area contributed by atoms with Crippen molar-refractivity contribution in [2.45, 2.75) is 31.3 Å². The van der Waals surface area contributed by atoms with Gasteiger partial charge in [0.15, 0.2) is 17.0 Å². The minimum atomic E-state index is -5.55.